The first-order valence-electron chi connectivity index (χ1n) is 4.16. The second-order valence-corrected chi connectivity index (χ2v) is 2.76. The molecule has 1 aliphatic rings. The zero-order chi connectivity index (χ0) is 9.84. The van der Waals surface area contributed by atoms with Gasteiger partial charge in [-0.2, -0.15) is 0 Å². The molecule has 2 N–H and O–H groups in total. The molecule has 3 amide bonds. The summed E-state index contributed by atoms with van der Waals surface area (Å²) in [5.74, 6) is -0.167. The van der Waals surface area contributed by atoms with E-state index >= 15 is 0 Å². The van der Waals surface area contributed by atoms with E-state index in [9.17, 15) is 9.59 Å². The Morgan fingerprint density at radius 2 is 2.46 bits per heavy atom. The van der Waals surface area contributed by atoms with Gasteiger partial charge >= 0.3 is 6.03 Å². The Bertz CT molecular complexity index is 250. The van der Waals surface area contributed by atoms with Crippen molar-refractivity contribution < 1.29 is 9.59 Å². The molecule has 0 aromatic carbocycles. The van der Waals surface area contributed by atoms with Crippen LogP contribution in [0, 0.1) is 0 Å². The Morgan fingerprint density at radius 1 is 1.77 bits per heavy atom. The van der Waals surface area contributed by atoms with Crippen LogP contribution in [-0.4, -0.2) is 29.5 Å². The molecule has 13 heavy (non-hydrogen) atoms. The maximum atomic E-state index is 11.2. The van der Waals surface area contributed by atoms with Gasteiger partial charge in [0.2, 0.25) is 5.91 Å². The van der Waals surface area contributed by atoms with Crippen LogP contribution in [0.3, 0.4) is 0 Å². The van der Waals surface area contributed by atoms with E-state index in [1.165, 1.54) is 11.8 Å². The third-order valence-corrected chi connectivity index (χ3v) is 1.70. The number of urea groups is 1. The SMILES string of the molecule is CCN1C=CC(NC(C)=O)NC1=O. The van der Waals surface area contributed by atoms with Crippen LogP contribution < -0.4 is 10.6 Å². The zero-order valence-electron chi connectivity index (χ0n) is 7.70. The minimum absolute atomic E-state index is 0.167. The lowest BCUT2D eigenvalue weighted by atomic mass is 10.3. The molecule has 0 saturated carbocycles. The van der Waals surface area contributed by atoms with Gasteiger partial charge in [0.25, 0.3) is 0 Å². The fraction of sp³-hybridized carbons (Fsp3) is 0.500. The molecule has 0 saturated heterocycles. The molecule has 1 unspecified atom stereocenters. The van der Waals surface area contributed by atoms with E-state index in [0.717, 1.165) is 0 Å². The maximum Gasteiger partial charge on any atom is 0.323 e. The number of hydrogen-bond donors (Lipinski definition) is 2. The fourth-order valence-corrected chi connectivity index (χ4v) is 1.07. The highest BCUT2D eigenvalue weighted by atomic mass is 16.2. The number of carbonyl (C=O) groups is 2. The molecular formula is C8H13N3O2. The largest absolute Gasteiger partial charge is 0.333 e. The maximum absolute atomic E-state index is 11.2. The standard InChI is InChI=1S/C8H13N3O2/c1-3-11-5-4-7(9-6(2)12)10-8(11)13/h4-5,7H,3H2,1-2H3,(H,9,12)(H,10,13). The molecule has 5 heteroatoms. The summed E-state index contributed by atoms with van der Waals surface area (Å²) >= 11 is 0. The van der Waals surface area contributed by atoms with Gasteiger partial charge < -0.3 is 15.5 Å². The second kappa shape index (κ2) is 3.93. The Morgan fingerprint density at radius 3 is 2.92 bits per heavy atom. The first-order valence-corrected chi connectivity index (χ1v) is 4.16. The summed E-state index contributed by atoms with van der Waals surface area (Å²) in [4.78, 5) is 23.4. The molecule has 72 valence electrons. The van der Waals surface area contributed by atoms with Gasteiger partial charge in [-0.3, -0.25) is 4.79 Å². The smallest absolute Gasteiger partial charge is 0.323 e. The molecule has 5 nitrogen and oxygen atoms in total. The summed E-state index contributed by atoms with van der Waals surface area (Å²) in [6, 6.07) is -0.191. The summed E-state index contributed by atoms with van der Waals surface area (Å²) in [5.41, 5.74) is 0. The van der Waals surface area contributed by atoms with Crippen molar-refractivity contribution in [3.63, 3.8) is 0 Å². The normalized spacial score (nSPS) is 21.2. The molecule has 1 heterocycles. The molecule has 0 spiro atoms. The minimum Gasteiger partial charge on any atom is -0.333 e. The minimum atomic E-state index is -0.382. The van der Waals surface area contributed by atoms with E-state index in [4.69, 9.17) is 0 Å². The third-order valence-electron chi connectivity index (χ3n) is 1.70. The van der Waals surface area contributed by atoms with E-state index in [1.54, 1.807) is 12.3 Å². The predicted molar refractivity (Wildman–Crippen MR) is 47.7 cm³/mol. The van der Waals surface area contributed by atoms with Gasteiger partial charge in [-0.15, -0.1) is 0 Å². The molecule has 1 atom stereocenters. The molecule has 0 radical (unpaired) electrons. The van der Waals surface area contributed by atoms with Gasteiger partial charge in [-0.05, 0) is 13.0 Å². The van der Waals surface area contributed by atoms with Crippen LogP contribution in [0.1, 0.15) is 13.8 Å². The molecular weight excluding hydrogens is 170 g/mol. The van der Waals surface area contributed by atoms with E-state index < -0.39 is 0 Å². The number of nitrogens with one attached hydrogen (secondary N) is 2. The highest BCUT2D eigenvalue weighted by molar-refractivity contribution is 5.79. The van der Waals surface area contributed by atoms with Crippen LogP contribution in [0.15, 0.2) is 12.3 Å². The highest BCUT2D eigenvalue weighted by Gasteiger charge is 2.18. The predicted octanol–water partition coefficient (Wildman–Crippen LogP) is 0.00740. The molecule has 1 rings (SSSR count). The number of hydrogen-bond acceptors (Lipinski definition) is 2. The lowest BCUT2D eigenvalue weighted by molar-refractivity contribution is -0.119. The van der Waals surface area contributed by atoms with Crippen molar-refractivity contribution >= 4 is 11.9 Å². The van der Waals surface area contributed by atoms with Gasteiger partial charge in [0.05, 0.1) is 0 Å². The van der Waals surface area contributed by atoms with Crippen LogP contribution in [0.25, 0.3) is 0 Å². The van der Waals surface area contributed by atoms with Crippen molar-refractivity contribution in [1.82, 2.24) is 15.5 Å². The van der Waals surface area contributed by atoms with Crippen LogP contribution >= 0.6 is 0 Å². The van der Waals surface area contributed by atoms with E-state index in [0.29, 0.717) is 6.54 Å². The van der Waals surface area contributed by atoms with Crippen LogP contribution in [-0.2, 0) is 4.79 Å². The Kier molecular flexibility index (Phi) is 2.89. The van der Waals surface area contributed by atoms with Crippen molar-refractivity contribution in [3.05, 3.63) is 12.3 Å². The average Bonchev–Trinajstić information content (AvgIpc) is 2.03. The van der Waals surface area contributed by atoms with Gasteiger partial charge in [-0.25, -0.2) is 4.79 Å². The number of rotatable bonds is 2. The van der Waals surface area contributed by atoms with Gasteiger partial charge in [-0.1, -0.05) is 0 Å². The zero-order valence-corrected chi connectivity index (χ0v) is 7.70. The van der Waals surface area contributed by atoms with E-state index in [1.807, 2.05) is 6.92 Å². The second-order valence-electron chi connectivity index (χ2n) is 2.76. The average molecular weight is 183 g/mol. The topological polar surface area (TPSA) is 61.4 Å². The lowest BCUT2D eigenvalue weighted by Crippen LogP contribution is -2.52. The molecule has 0 aromatic rings. The van der Waals surface area contributed by atoms with Crippen molar-refractivity contribution in [2.75, 3.05) is 6.54 Å². The van der Waals surface area contributed by atoms with Crippen LogP contribution in [0.4, 0.5) is 4.79 Å². The third kappa shape index (κ3) is 2.47. The van der Waals surface area contributed by atoms with Crippen molar-refractivity contribution in [1.29, 1.82) is 0 Å². The summed E-state index contributed by atoms with van der Waals surface area (Å²) in [7, 11) is 0. The Labute approximate surface area is 76.8 Å². The van der Waals surface area contributed by atoms with Crippen LogP contribution in [0.5, 0.6) is 0 Å². The van der Waals surface area contributed by atoms with Gasteiger partial charge in [0.15, 0.2) is 0 Å². The Balaban J connectivity index is 2.56. The Hall–Kier alpha value is -1.52. The molecule has 0 bridgehead atoms. The number of nitrogens with zero attached hydrogens (tertiary/aromatic N) is 1. The molecule has 0 aromatic heterocycles. The quantitative estimate of drug-likeness (QED) is 0.633. The number of carbonyl (C=O) groups excluding carboxylic acids is 2. The molecule has 1 aliphatic heterocycles. The van der Waals surface area contributed by atoms with Crippen molar-refractivity contribution in [3.8, 4) is 0 Å². The van der Waals surface area contributed by atoms with Crippen molar-refractivity contribution in [2.45, 2.75) is 20.0 Å². The monoisotopic (exact) mass is 183 g/mol. The highest BCUT2D eigenvalue weighted by Crippen LogP contribution is 1.99. The summed E-state index contributed by atoms with van der Waals surface area (Å²) in [5, 5.41) is 5.19. The molecule has 0 fully saturated rings. The van der Waals surface area contributed by atoms with E-state index in [2.05, 4.69) is 10.6 Å². The lowest BCUT2D eigenvalue weighted by Gasteiger charge is -2.26. The summed E-state index contributed by atoms with van der Waals surface area (Å²) in [6.45, 7) is 3.91. The van der Waals surface area contributed by atoms with E-state index in [-0.39, 0.29) is 18.1 Å². The first kappa shape index (κ1) is 9.57. The van der Waals surface area contributed by atoms with Gasteiger partial charge in [0, 0.05) is 19.7 Å². The fourth-order valence-electron chi connectivity index (χ4n) is 1.07. The van der Waals surface area contributed by atoms with Gasteiger partial charge in [0.1, 0.15) is 6.17 Å². The van der Waals surface area contributed by atoms with Crippen LogP contribution in [0.2, 0.25) is 0 Å². The first-order chi connectivity index (χ1) is 6.13. The molecule has 0 aliphatic carbocycles. The van der Waals surface area contributed by atoms with Crippen molar-refractivity contribution in [2.24, 2.45) is 0 Å². The summed E-state index contributed by atoms with van der Waals surface area (Å²) < 4.78 is 0. The summed E-state index contributed by atoms with van der Waals surface area (Å²) in [6.07, 6.45) is 3.01. The number of amides is 3.